The summed E-state index contributed by atoms with van der Waals surface area (Å²) in [6.07, 6.45) is 1.19. The summed E-state index contributed by atoms with van der Waals surface area (Å²) >= 11 is 0. The van der Waals surface area contributed by atoms with Gasteiger partial charge in [-0.15, -0.1) is 0 Å². The van der Waals surface area contributed by atoms with E-state index in [2.05, 4.69) is 0 Å². The van der Waals surface area contributed by atoms with Gasteiger partial charge in [-0.3, -0.25) is 0 Å². The van der Waals surface area contributed by atoms with Gasteiger partial charge in [0.15, 0.2) is 0 Å². The minimum absolute atomic E-state index is 0.000144. The Bertz CT molecular complexity index is 701. The first-order valence-corrected chi connectivity index (χ1v) is 9.60. The van der Waals surface area contributed by atoms with Crippen LogP contribution in [0.25, 0.3) is 0 Å². The summed E-state index contributed by atoms with van der Waals surface area (Å²) in [6.45, 7) is 0.428. The van der Waals surface area contributed by atoms with E-state index in [1.807, 2.05) is 0 Å². The molecule has 1 atom stereocenters. The average Bonchev–Trinajstić information content (AvgIpc) is 2.37. The molecule has 9 heteroatoms. The number of nitrogens with zero attached hydrogens (tertiary/aromatic N) is 1. The molecule has 0 saturated carbocycles. The Kier molecular flexibility index (Phi) is 4.66. The van der Waals surface area contributed by atoms with Crippen molar-refractivity contribution in [1.82, 2.24) is 4.31 Å². The third-order valence-corrected chi connectivity index (χ3v) is 6.22. The SMILES string of the molecule is NS(=O)(=O)CC1CCCN(S(=O)(=O)c2ccc(F)cc2)C1. The average molecular weight is 336 g/mol. The number of piperidine rings is 1. The van der Waals surface area contributed by atoms with E-state index < -0.39 is 25.9 Å². The summed E-state index contributed by atoms with van der Waals surface area (Å²) in [5.74, 6) is -1.06. The van der Waals surface area contributed by atoms with Crippen molar-refractivity contribution in [2.75, 3.05) is 18.8 Å². The fourth-order valence-electron chi connectivity index (χ4n) is 2.47. The third-order valence-electron chi connectivity index (χ3n) is 3.40. The molecule has 0 spiro atoms. The fourth-order valence-corrected chi connectivity index (χ4v) is 4.95. The molecule has 1 aromatic rings. The second kappa shape index (κ2) is 5.99. The lowest BCUT2D eigenvalue weighted by molar-refractivity contribution is 0.282. The van der Waals surface area contributed by atoms with Crippen LogP contribution in [0.5, 0.6) is 0 Å². The van der Waals surface area contributed by atoms with E-state index in [9.17, 15) is 21.2 Å². The summed E-state index contributed by atoms with van der Waals surface area (Å²) < 4.78 is 61.2. The van der Waals surface area contributed by atoms with Gasteiger partial charge in [0.2, 0.25) is 20.0 Å². The van der Waals surface area contributed by atoms with E-state index in [0.717, 1.165) is 12.1 Å². The van der Waals surface area contributed by atoms with Crippen LogP contribution >= 0.6 is 0 Å². The summed E-state index contributed by atoms with van der Waals surface area (Å²) in [7, 11) is -7.37. The number of rotatable bonds is 4. The molecule has 1 heterocycles. The van der Waals surface area contributed by atoms with Gasteiger partial charge in [-0.05, 0) is 43.0 Å². The van der Waals surface area contributed by atoms with Gasteiger partial charge in [0.05, 0.1) is 10.6 Å². The first-order chi connectivity index (χ1) is 9.68. The lowest BCUT2D eigenvalue weighted by Crippen LogP contribution is -2.42. The molecule has 21 heavy (non-hydrogen) atoms. The van der Waals surface area contributed by atoms with Crippen molar-refractivity contribution < 1.29 is 21.2 Å². The van der Waals surface area contributed by atoms with Gasteiger partial charge in [-0.2, -0.15) is 4.31 Å². The van der Waals surface area contributed by atoms with Crippen LogP contribution in [-0.2, 0) is 20.0 Å². The number of hydrogen-bond acceptors (Lipinski definition) is 4. The number of benzene rings is 1. The smallest absolute Gasteiger partial charge is 0.229 e. The molecule has 1 fully saturated rings. The van der Waals surface area contributed by atoms with Crippen molar-refractivity contribution in [2.24, 2.45) is 11.1 Å². The Morgan fingerprint density at radius 2 is 1.81 bits per heavy atom. The fraction of sp³-hybridized carbons (Fsp3) is 0.500. The van der Waals surface area contributed by atoms with Crippen molar-refractivity contribution >= 4 is 20.0 Å². The molecule has 1 aliphatic heterocycles. The van der Waals surface area contributed by atoms with Gasteiger partial charge in [0, 0.05) is 13.1 Å². The molecule has 0 amide bonds. The molecule has 2 N–H and O–H groups in total. The Labute approximate surface area is 123 Å². The largest absolute Gasteiger partial charge is 0.243 e. The first kappa shape index (κ1) is 16.3. The highest BCUT2D eigenvalue weighted by Crippen LogP contribution is 2.24. The summed E-state index contributed by atoms with van der Waals surface area (Å²) in [4.78, 5) is 0.000144. The molecule has 6 nitrogen and oxygen atoms in total. The predicted octanol–water partition coefficient (Wildman–Crippen LogP) is 0.515. The van der Waals surface area contributed by atoms with Gasteiger partial charge in [0.25, 0.3) is 0 Å². The Balaban J connectivity index is 2.18. The standard InChI is InChI=1S/C12H17FN2O4S2/c13-11-3-5-12(6-4-11)21(18,19)15-7-1-2-10(8-15)9-20(14,16)17/h3-6,10H,1-2,7-9H2,(H2,14,16,17). The van der Waals surface area contributed by atoms with Crippen molar-refractivity contribution in [3.63, 3.8) is 0 Å². The lowest BCUT2D eigenvalue weighted by Gasteiger charge is -2.31. The van der Waals surface area contributed by atoms with E-state index in [1.165, 1.54) is 16.4 Å². The van der Waals surface area contributed by atoms with E-state index in [4.69, 9.17) is 5.14 Å². The van der Waals surface area contributed by atoms with E-state index in [0.29, 0.717) is 19.4 Å². The number of primary sulfonamides is 1. The Hall–Kier alpha value is -1.03. The molecule has 1 unspecified atom stereocenters. The normalized spacial score (nSPS) is 21.3. The molecule has 0 bridgehead atoms. The van der Waals surface area contributed by atoms with E-state index in [1.54, 1.807) is 0 Å². The number of sulfonamides is 2. The van der Waals surface area contributed by atoms with Crippen LogP contribution in [0.15, 0.2) is 29.2 Å². The molecular weight excluding hydrogens is 319 g/mol. The highest BCUT2D eigenvalue weighted by Gasteiger charge is 2.31. The maximum Gasteiger partial charge on any atom is 0.243 e. The van der Waals surface area contributed by atoms with Crippen LogP contribution in [0.2, 0.25) is 0 Å². The molecule has 1 saturated heterocycles. The summed E-state index contributed by atoms with van der Waals surface area (Å²) in [5.41, 5.74) is 0. The van der Waals surface area contributed by atoms with Crippen molar-refractivity contribution in [1.29, 1.82) is 0 Å². The monoisotopic (exact) mass is 336 g/mol. The van der Waals surface area contributed by atoms with Gasteiger partial charge >= 0.3 is 0 Å². The van der Waals surface area contributed by atoms with Crippen LogP contribution in [0.4, 0.5) is 4.39 Å². The topological polar surface area (TPSA) is 97.5 Å². The minimum atomic E-state index is -3.74. The van der Waals surface area contributed by atoms with Crippen LogP contribution < -0.4 is 5.14 Å². The zero-order valence-corrected chi connectivity index (χ0v) is 12.9. The van der Waals surface area contributed by atoms with Crippen LogP contribution in [-0.4, -0.2) is 40.0 Å². The van der Waals surface area contributed by atoms with Gasteiger partial charge < -0.3 is 0 Å². The molecule has 2 rings (SSSR count). The van der Waals surface area contributed by atoms with Gasteiger partial charge in [0.1, 0.15) is 5.82 Å². The summed E-state index contributed by atoms with van der Waals surface area (Å²) in [5, 5.41) is 5.01. The molecule has 0 aliphatic carbocycles. The minimum Gasteiger partial charge on any atom is -0.229 e. The highest BCUT2D eigenvalue weighted by molar-refractivity contribution is 7.89. The van der Waals surface area contributed by atoms with Crippen LogP contribution in [0.3, 0.4) is 0 Å². The summed E-state index contributed by atoms with van der Waals surface area (Å²) in [6, 6.07) is 4.57. The highest BCUT2D eigenvalue weighted by atomic mass is 32.2. The second-order valence-electron chi connectivity index (χ2n) is 5.15. The maximum absolute atomic E-state index is 12.9. The quantitative estimate of drug-likeness (QED) is 0.866. The molecule has 1 aliphatic rings. The second-order valence-corrected chi connectivity index (χ2v) is 8.75. The van der Waals surface area contributed by atoms with Crippen LogP contribution in [0.1, 0.15) is 12.8 Å². The van der Waals surface area contributed by atoms with Crippen molar-refractivity contribution in [2.45, 2.75) is 17.7 Å². The zero-order valence-electron chi connectivity index (χ0n) is 11.3. The third kappa shape index (κ3) is 4.22. The molecule has 0 aromatic heterocycles. The van der Waals surface area contributed by atoms with E-state index >= 15 is 0 Å². The molecular formula is C12H17FN2O4S2. The Morgan fingerprint density at radius 3 is 2.38 bits per heavy atom. The van der Waals surface area contributed by atoms with Crippen LogP contribution in [0, 0.1) is 11.7 Å². The molecule has 118 valence electrons. The van der Waals surface area contributed by atoms with Gasteiger partial charge in [-0.25, -0.2) is 26.4 Å². The van der Waals surface area contributed by atoms with Crippen molar-refractivity contribution in [3.8, 4) is 0 Å². The van der Waals surface area contributed by atoms with Gasteiger partial charge in [-0.1, -0.05) is 0 Å². The lowest BCUT2D eigenvalue weighted by atomic mass is 10.0. The zero-order chi connectivity index (χ0) is 15.7. The molecule has 0 radical (unpaired) electrons. The maximum atomic E-state index is 12.9. The number of hydrogen-bond donors (Lipinski definition) is 1. The number of halogens is 1. The van der Waals surface area contributed by atoms with Crippen molar-refractivity contribution in [3.05, 3.63) is 30.1 Å². The molecule has 1 aromatic carbocycles. The van der Waals surface area contributed by atoms with E-state index in [-0.39, 0.29) is 23.1 Å². The predicted molar refractivity (Wildman–Crippen MR) is 75.9 cm³/mol. The Morgan fingerprint density at radius 1 is 1.19 bits per heavy atom. The number of nitrogens with two attached hydrogens (primary N) is 1. The first-order valence-electron chi connectivity index (χ1n) is 6.45.